The second-order valence-corrected chi connectivity index (χ2v) is 3.80. The number of benzene rings is 1. The smallest absolute Gasteiger partial charge is 0.420 e. The molecule has 104 valence electrons. The quantitative estimate of drug-likeness (QED) is 0.862. The van der Waals surface area contributed by atoms with E-state index in [0.29, 0.717) is 0 Å². The van der Waals surface area contributed by atoms with Gasteiger partial charge in [-0.05, 0) is 24.6 Å². The first-order chi connectivity index (χ1) is 9.33. The Morgan fingerprint density at radius 2 is 1.90 bits per heavy atom. The summed E-state index contributed by atoms with van der Waals surface area (Å²) in [5, 5.41) is 19.6. The van der Waals surface area contributed by atoms with Crippen molar-refractivity contribution in [3.8, 4) is 17.9 Å². The first-order valence-electron chi connectivity index (χ1n) is 5.36. The number of ether oxygens (including phenoxy) is 1. The van der Waals surface area contributed by atoms with Gasteiger partial charge in [-0.15, -0.1) is 0 Å². The van der Waals surface area contributed by atoms with Crippen LogP contribution in [0.25, 0.3) is 0 Å². The highest BCUT2D eigenvalue weighted by Crippen LogP contribution is 2.39. The molecular formula is C13H10F3N3O. The van der Waals surface area contributed by atoms with E-state index in [9.17, 15) is 13.2 Å². The molecule has 20 heavy (non-hydrogen) atoms. The molecule has 0 unspecified atom stereocenters. The Morgan fingerprint density at radius 1 is 1.30 bits per heavy atom. The van der Waals surface area contributed by atoms with Crippen molar-refractivity contribution < 1.29 is 17.9 Å². The summed E-state index contributed by atoms with van der Waals surface area (Å²) in [6.07, 6.45) is -3.52. The number of nitrogens with zero attached hydrogens (tertiary/aromatic N) is 2. The Morgan fingerprint density at radius 3 is 2.35 bits per heavy atom. The summed E-state index contributed by atoms with van der Waals surface area (Å²) in [7, 11) is 1.16. The molecule has 0 saturated heterocycles. The number of rotatable bonds is 3. The third kappa shape index (κ3) is 3.42. The lowest BCUT2D eigenvalue weighted by molar-refractivity contribution is -0.138. The maximum absolute atomic E-state index is 12.9. The SMILES string of the molecule is COc1c(C)cc(NC=C(C#N)C#N)cc1C(F)(F)F. The molecule has 1 aromatic rings. The maximum atomic E-state index is 12.9. The van der Waals surface area contributed by atoms with E-state index in [0.717, 1.165) is 19.4 Å². The highest BCUT2D eigenvalue weighted by molar-refractivity contribution is 5.58. The Kier molecular flexibility index (Phi) is 4.60. The summed E-state index contributed by atoms with van der Waals surface area (Å²) < 4.78 is 43.5. The summed E-state index contributed by atoms with van der Waals surface area (Å²) in [4.78, 5) is 0. The normalized spacial score (nSPS) is 10.2. The van der Waals surface area contributed by atoms with Gasteiger partial charge in [0.1, 0.15) is 23.5 Å². The van der Waals surface area contributed by atoms with Gasteiger partial charge < -0.3 is 10.1 Å². The molecule has 0 radical (unpaired) electrons. The summed E-state index contributed by atoms with van der Waals surface area (Å²) in [6.45, 7) is 1.47. The fourth-order valence-electron chi connectivity index (χ4n) is 1.58. The van der Waals surface area contributed by atoms with Gasteiger partial charge in [0.15, 0.2) is 0 Å². The summed E-state index contributed by atoms with van der Waals surface area (Å²) in [6, 6.07) is 5.47. The van der Waals surface area contributed by atoms with Crippen molar-refractivity contribution in [1.29, 1.82) is 10.5 Å². The molecule has 4 nitrogen and oxygen atoms in total. The average molecular weight is 281 g/mol. The molecule has 7 heteroatoms. The van der Waals surface area contributed by atoms with Gasteiger partial charge in [-0.2, -0.15) is 23.7 Å². The molecule has 0 spiro atoms. The van der Waals surface area contributed by atoms with Crippen LogP contribution in [0.15, 0.2) is 23.9 Å². The van der Waals surface area contributed by atoms with Crippen molar-refractivity contribution in [2.45, 2.75) is 13.1 Å². The molecular weight excluding hydrogens is 271 g/mol. The van der Waals surface area contributed by atoms with Crippen LogP contribution in [0.1, 0.15) is 11.1 Å². The van der Waals surface area contributed by atoms with Crippen LogP contribution in [0.3, 0.4) is 0 Å². The van der Waals surface area contributed by atoms with Crippen LogP contribution >= 0.6 is 0 Å². The largest absolute Gasteiger partial charge is 0.496 e. The molecule has 0 amide bonds. The lowest BCUT2D eigenvalue weighted by Gasteiger charge is -2.16. The van der Waals surface area contributed by atoms with Gasteiger partial charge in [0.05, 0.1) is 12.7 Å². The zero-order valence-electron chi connectivity index (χ0n) is 10.7. The molecule has 1 N–H and O–H groups in total. The minimum absolute atomic E-state index is 0.110. The monoisotopic (exact) mass is 281 g/mol. The number of alkyl halides is 3. The summed E-state index contributed by atoms with van der Waals surface area (Å²) in [5.41, 5.74) is -0.772. The molecule has 0 aromatic heterocycles. The number of hydrogen-bond donors (Lipinski definition) is 1. The number of aryl methyl sites for hydroxylation is 1. The van der Waals surface area contributed by atoms with E-state index < -0.39 is 11.7 Å². The zero-order valence-corrected chi connectivity index (χ0v) is 10.7. The van der Waals surface area contributed by atoms with Crippen LogP contribution in [0.2, 0.25) is 0 Å². The van der Waals surface area contributed by atoms with Crippen molar-refractivity contribution >= 4 is 5.69 Å². The van der Waals surface area contributed by atoms with Crippen molar-refractivity contribution in [3.05, 3.63) is 35.0 Å². The van der Waals surface area contributed by atoms with Crippen molar-refractivity contribution in [2.24, 2.45) is 0 Å². The van der Waals surface area contributed by atoms with Crippen LogP contribution in [0.4, 0.5) is 18.9 Å². The fourth-order valence-corrected chi connectivity index (χ4v) is 1.58. The van der Waals surface area contributed by atoms with Gasteiger partial charge in [0.2, 0.25) is 0 Å². The van der Waals surface area contributed by atoms with E-state index in [1.165, 1.54) is 13.0 Å². The van der Waals surface area contributed by atoms with Gasteiger partial charge in [-0.1, -0.05) is 0 Å². The first-order valence-corrected chi connectivity index (χ1v) is 5.36. The first kappa shape index (κ1) is 15.4. The number of hydrogen-bond acceptors (Lipinski definition) is 4. The second kappa shape index (κ2) is 5.98. The van der Waals surface area contributed by atoms with Crippen LogP contribution in [-0.4, -0.2) is 7.11 Å². The third-order valence-electron chi connectivity index (χ3n) is 2.41. The second-order valence-electron chi connectivity index (χ2n) is 3.80. The Balaban J connectivity index is 3.27. The fraction of sp³-hybridized carbons (Fsp3) is 0.231. The lowest BCUT2D eigenvalue weighted by atomic mass is 10.1. The molecule has 1 aromatic carbocycles. The Bertz CT molecular complexity index is 605. The zero-order chi connectivity index (χ0) is 15.3. The van der Waals surface area contributed by atoms with Crippen LogP contribution in [-0.2, 0) is 6.18 Å². The van der Waals surface area contributed by atoms with Crippen molar-refractivity contribution in [3.63, 3.8) is 0 Å². The Hall–Kier alpha value is -2.67. The van der Waals surface area contributed by atoms with E-state index in [1.807, 2.05) is 0 Å². The van der Waals surface area contributed by atoms with E-state index in [1.54, 1.807) is 12.1 Å². The van der Waals surface area contributed by atoms with Crippen molar-refractivity contribution in [2.75, 3.05) is 12.4 Å². The molecule has 0 aliphatic rings. The number of nitrogens with one attached hydrogen (secondary N) is 1. The minimum Gasteiger partial charge on any atom is -0.496 e. The standard InChI is InChI=1S/C13H10F3N3O/c1-8-3-10(19-7-9(5-17)6-18)4-11(12(8)20-2)13(14,15)16/h3-4,7,19H,1-2H3. The topological polar surface area (TPSA) is 68.8 Å². The average Bonchev–Trinajstić information content (AvgIpc) is 2.38. The lowest BCUT2D eigenvalue weighted by Crippen LogP contribution is -2.09. The number of anilines is 1. The third-order valence-corrected chi connectivity index (χ3v) is 2.41. The molecule has 0 atom stereocenters. The molecule has 0 aliphatic heterocycles. The molecule has 0 fully saturated rings. The highest BCUT2D eigenvalue weighted by Gasteiger charge is 2.35. The van der Waals surface area contributed by atoms with Gasteiger partial charge in [-0.25, -0.2) is 0 Å². The van der Waals surface area contributed by atoms with Crippen LogP contribution in [0, 0.1) is 29.6 Å². The van der Waals surface area contributed by atoms with Crippen molar-refractivity contribution in [1.82, 2.24) is 0 Å². The molecule has 0 heterocycles. The summed E-state index contributed by atoms with van der Waals surface area (Å²) >= 11 is 0. The van der Waals surface area contributed by atoms with E-state index in [-0.39, 0.29) is 22.6 Å². The summed E-state index contributed by atoms with van der Waals surface area (Å²) in [5.74, 6) is -0.257. The van der Waals surface area contributed by atoms with Gasteiger partial charge in [0, 0.05) is 11.9 Å². The van der Waals surface area contributed by atoms with Gasteiger partial charge >= 0.3 is 6.18 Å². The number of nitriles is 2. The van der Waals surface area contributed by atoms with E-state index in [2.05, 4.69) is 5.32 Å². The molecule has 0 aliphatic carbocycles. The predicted molar refractivity (Wildman–Crippen MR) is 65.7 cm³/mol. The number of halogens is 3. The maximum Gasteiger partial charge on any atom is 0.420 e. The number of methoxy groups -OCH3 is 1. The van der Waals surface area contributed by atoms with Crippen LogP contribution < -0.4 is 10.1 Å². The minimum atomic E-state index is -4.56. The van der Waals surface area contributed by atoms with Gasteiger partial charge in [-0.3, -0.25) is 0 Å². The van der Waals surface area contributed by atoms with Gasteiger partial charge in [0.25, 0.3) is 0 Å². The molecule has 0 bridgehead atoms. The molecule has 1 rings (SSSR count). The predicted octanol–water partition coefficient (Wildman–Crippen LogP) is 3.37. The Labute approximate surface area is 113 Å². The molecule has 0 saturated carbocycles. The number of allylic oxidation sites excluding steroid dienone is 1. The van der Waals surface area contributed by atoms with E-state index >= 15 is 0 Å². The van der Waals surface area contributed by atoms with Crippen LogP contribution in [0.5, 0.6) is 5.75 Å². The highest BCUT2D eigenvalue weighted by atomic mass is 19.4. The van der Waals surface area contributed by atoms with E-state index in [4.69, 9.17) is 15.3 Å².